The maximum Gasteiger partial charge on any atom is 0.389 e. The van der Waals surface area contributed by atoms with Crippen LogP contribution < -0.4 is 11.1 Å². The van der Waals surface area contributed by atoms with E-state index in [2.05, 4.69) is 5.32 Å². The van der Waals surface area contributed by atoms with Gasteiger partial charge in [-0.2, -0.15) is 17.5 Å². The van der Waals surface area contributed by atoms with Crippen molar-refractivity contribution in [2.75, 3.05) is 31.9 Å². The molecule has 0 saturated carbocycles. The molecular formula is C9H18F3N3O2S. The van der Waals surface area contributed by atoms with E-state index >= 15 is 0 Å². The predicted octanol–water partition coefficient (Wildman–Crippen LogP) is -0.109. The molecule has 0 radical (unpaired) electrons. The Morgan fingerprint density at radius 3 is 2.61 bits per heavy atom. The minimum atomic E-state index is -4.31. The zero-order valence-electron chi connectivity index (χ0n) is 9.91. The minimum absolute atomic E-state index is 0.158. The zero-order valence-corrected chi connectivity index (χ0v) is 10.7. The molecule has 0 spiro atoms. The third-order valence-corrected chi connectivity index (χ3v) is 4.79. The van der Waals surface area contributed by atoms with Gasteiger partial charge in [-0.1, -0.05) is 0 Å². The van der Waals surface area contributed by atoms with Crippen molar-refractivity contribution in [2.24, 2.45) is 5.73 Å². The van der Waals surface area contributed by atoms with E-state index in [9.17, 15) is 21.6 Å². The van der Waals surface area contributed by atoms with E-state index in [1.165, 1.54) is 4.31 Å². The number of rotatable bonds is 5. The summed E-state index contributed by atoms with van der Waals surface area (Å²) in [6.45, 7) is 1.35. The quantitative estimate of drug-likeness (QED) is 0.740. The summed E-state index contributed by atoms with van der Waals surface area (Å²) in [6.07, 6.45) is -5.80. The molecule has 1 fully saturated rings. The van der Waals surface area contributed by atoms with Crippen molar-refractivity contribution in [1.29, 1.82) is 0 Å². The van der Waals surface area contributed by atoms with Gasteiger partial charge in [0.1, 0.15) is 0 Å². The number of nitrogens with one attached hydrogen (secondary N) is 1. The van der Waals surface area contributed by atoms with E-state index in [1.54, 1.807) is 0 Å². The lowest BCUT2D eigenvalue weighted by atomic mass is 10.2. The summed E-state index contributed by atoms with van der Waals surface area (Å²) in [7, 11) is -3.65. The Labute approximate surface area is 105 Å². The Morgan fingerprint density at radius 1 is 1.39 bits per heavy atom. The van der Waals surface area contributed by atoms with Crippen LogP contribution in [0.25, 0.3) is 0 Å². The van der Waals surface area contributed by atoms with Crippen LogP contribution in [0.5, 0.6) is 0 Å². The normalized spacial score (nSPS) is 23.2. The fraction of sp³-hybridized carbons (Fsp3) is 1.00. The highest BCUT2D eigenvalue weighted by Gasteiger charge is 2.33. The van der Waals surface area contributed by atoms with Crippen LogP contribution in [0.4, 0.5) is 13.2 Å². The molecule has 0 bridgehead atoms. The van der Waals surface area contributed by atoms with E-state index in [0.717, 1.165) is 0 Å². The SMILES string of the molecule is NCC1CNCCN1S(=O)(=O)CCCC(F)(F)F. The lowest BCUT2D eigenvalue weighted by molar-refractivity contribution is -0.134. The average molecular weight is 289 g/mol. The van der Waals surface area contributed by atoms with Crippen molar-refractivity contribution < 1.29 is 21.6 Å². The van der Waals surface area contributed by atoms with Crippen LogP contribution in [0.2, 0.25) is 0 Å². The number of halogens is 3. The first-order chi connectivity index (χ1) is 8.26. The van der Waals surface area contributed by atoms with Gasteiger partial charge in [0.15, 0.2) is 0 Å². The highest BCUT2D eigenvalue weighted by atomic mass is 32.2. The van der Waals surface area contributed by atoms with E-state index < -0.39 is 34.8 Å². The molecule has 1 saturated heterocycles. The van der Waals surface area contributed by atoms with Gasteiger partial charge < -0.3 is 11.1 Å². The van der Waals surface area contributed by atoms with Crippen molar-refractivity contribution in [3.8, 4) is 0 Å². The standard InChI is InChI=1S/C9H18F3N3O2S/c10-9(11,12)2-1-5-18(16,17)15-4-3-14-7-8(15)6-13/h8,14H,1-7,13H2. The summed E-state index contributed by atoms with van der Waals surface area (Å²) < 4.78 is 61.0. The number of sulfonamides is 1. The van der Waals surface area contributed by atoms with Crippen LogP contribution >= 0.6 is 0 Å². The third kappa shape index (κ3) is 4.71. The van der Waals surface area contributed by atoms with Crippen LogP contribution in [0.3, 0.4) is 0 Å². The highest BCUT2D eigenvalue weighted by Crippen LogP contribution is 2.22. The van der Waals surface area contributed by atoms with Gasteiger partial charge in [-0.25, -0.2) is 8.42 Å². The molecule has 0 aromatic rings. The van der Waals surface area contributed by atoms with Crippen molar-refractivity contribution in [3.05, 3.63) is 0 Å². The molecule has 1 atom stereocenters. The van der Waals surface area contributed by atoms with Crippen LogP contribution in [-0.4, -0.2) is 56.9 Å². The van der Waals surface area contributed by atoms with Crippen molar-refractivity contribution >= 4 is 10.0 Å². The van der Waals surface area contributed by atoms with Crippen LogP contribution in [0, 0.1) is 0 Å². The molecular weight excluding hydrogens is 271 g/mol. The lowest BCUT2D eigenvalue weighted by Gasteiger charge is -2.34. The Kier molecular flexibility index (Phi) is 5.38. The molecule has 0 amide bonds. The molecule has 0 aromatic carbocycles. The summed E-state index contributed by atoms with van der Waals surface area (Å²) in [5.74, 6) is -0.483. The summed E-state index contributed by atoms with van der Waals surface area (Å²) in [4.78, 5) is 0. The lowest BCUT2D eigenvalue weighted by Crippen LogP contribution is -2.56. The van der Waals surface area contributed by atoms with Gasteiger partial charge in [0.25, 0.3) is 0 Å². The molecule has 1 heterocycles. The van der Waals surface area contributed by atoms with E-state index in [0.29, 0.717) is 13.1 Å². The van der Waals surface area contributed by atoms with Gasteiger partial charge in [0.05, 0.1) is 5.75 Å². The second-order valence-electron chi connectivity index (χ2n) is 4.24. The molecule has 1 aliphatic heterocycles. The molecule has 0 aromatic heterocycles. The Morgan fingerprint density at radius 2 is 2.06 bits per heavy atom. The van der Waals surface area contributed by atoms with Gasteiger partial charge in [0, 0.05) is 38.6 Å². The molecule has 5 nitrogen and oxygen atoms in total. The summed E-state index contributed by atoms with van der Waals surface area (Å²) >= 11 is 0. The van der Waals surface area contributed by atoms with Crippen LogP contribution in [0.1, 0.15) is 12.8 Å². The van der Waals surface area contributed by atoms with E-state index in [4.69, 9.17) is 5.73 Å². The zero-order chi connectivity index (χ0) is 13.8. The van der Waals surface area contributed by atoms with Crippen LogP contribution in [-0.2, 0) is 10.0 Å². The van der Waals surface area contributed by atoms with Crippen molar-refractivity contribution in [3.63, 3.8) is 0 Å². The second-order valence-corrected chi connectivity index (χ2v) is 6.28. The highest BCUT2D eigenvalue weighted by molar-refractivity contribution is 7.89. The Hall–Kier alpha value is -0.380. The maximum atomic E-state index is 12.0. The monoisotopic (exact) mass is 289 g/mol. The molecule has 1 rings (SSSR count). The molecule has 0 aliphatic carbocycles. The fourth-order valence-corrected chi connectivity index (χ4v) is 3.61. The van der Waals surface area contributed by atoms with Crippen LogP contribution in [0.15, 0.2) is 0 Å². The van der Waals surface area contributed by atoms with Gasteiger partial charge in [-0.05, 0) is 6.42 Å². The molecule has 18 heavy (non-hydrogen) atoms. The van der Waals surface area contributed by atoms with Gasteiger partial charge in [-0.15, -0.1) is 0 Å². The number of alkyl halides is 3. The second kappa shape index (κ2) is 6.18. The first kappa shape index (κ1) is 15.7. The van der Waals surface area contributed by atoms with Gasteiger partial charge >= 0.3 is 6.18 Å². The Balaban J connectivity index is 2.56. The first-order valence-corrected chi connectivity index (χ1v) is 7.34. The summed E-state index contributed by atoms with van der Waals surface area (Å²) in [6, 6.07) is -0.366. The van der Waals surface area contributed by atoms with Crippen molar-refractivity contribution in [2.45, 2.75) is 25.1 Å². The summed E-state index contributed by atoms with van der Waals surface area (Å²) in [5.41, 5.74) is 5.46. The number of hydrogen-bond acceptors (Lipinski definition) is 4. The molecule has 1 aliphatic rings. The van der Waals surface area contributed by atoms with Gasteiger partial charge in [0.2, 0.25) is 10.0 Å². The minimum Gasteiger partial charge on any atom is -0.329 e. The average Bonchev–Trinajstić information content (AvgIpc) is 2.27. The fourth-order valence-electron chi connectivity index (χ4n) is 1.88. The molecule has 9 heteroatoms. The van der Waals surface area contributed by atoms with Crippen molar-refractivity contribution in [1.82, 2.24) is 9.62 Å². The number of hydrogen-bond donors (Lipinski definition) is 2. The summed E-state index contributed by atoms with van der Waals surface area (Å²) in [5, 5.41) is 3.00. The van der Waals surface area contributed by atoms with Gasteiger partial charge in [-0.3, -0.25) is 0 Å². The molecule has 1 unspecified atom stereocenters. The Bertz CT molecular complexity index is 359. The predicted molar refractivity (Wildman–Crippen MR) is 61.5 cm³/mol. The van der Waals surface area contributed by atoms with E-state index in [-0.39, 0.29) is 19.1 Å². The topological polar surface area (TPSA) is 75.4 Å². The smallest absolute Gasteiger partial charge is 0.329 e. The largest absolute Gasteiger partial charge is 0.389 e. The first-order valence-electron chi connectivity index (χ1n) is 5.73. The number of nitrogens with zero attached hydrogens (tertiary/aromatic N) is 1. The number of nitrogens with two attached hydrogens (primary N) is 1. The third-order valence-electron chi connectivity index (χ3n) is 2.79. The van der Waals surface area contributed by atoms with E-state index in [1.807, 2.05) is 0 Å². The number of piperazine rings is 1. The molecule has 108 valence electrons. The maximum absolute atomic E-state index is 12.0. The molecule has 3 N–H and O–H groups in total.